The van der Waals surface area contributed by atoms with Gasteiger partial charge in [-0.3, -0.25) is 0 Å². The molecule has 2 rings (SSSR count). The zero-order valence-electron chi connectivity index (χ0n) is 15.9. The molecule has 0 fully saturated rings. The standard InChI is InChI=1S/C20H25N2O4/c1-6-22(14-16-8-10-18(24-3)12-20(16)26-5)21-13-15-7-9-17(23-2)11-19(15)25-4/h7-14H,6H2,1-5H3/q+1/b21-13+,22-14+. The van der Waals surface area contributed by atoms with E-state index in [1.54, 1.807) is 34.7 Å². The molecular weight excluding hydrogens is 332 g/mol. The lowest BCUT2D eigenvalue weighted by molar-refractivity contribution is -0.524. The first-order chi connectivity index (χ1) is 12.6. The first-order valence-electron chi connectivity index (χ1n) is 8.24. The van der Waals surface area contributed by atoms with Crippen molar-refractivity contribution in [2.75, 3.05) is 35.0 Å². The van der Waals surface area contributed by atoms with Crippen molar-refractivity contribution in [3.63, 3.8) is 0 Å². The van der Waals surface area contributed by atoms with E-state index >= 15 is 0 Å². The van der Waals surface area contributed by atoms with E-state index in [0.29, 0.717) is 12.3 Å². The van der Waals surface area contributed by atoms with Crippen LogP contribution < -0.4 is 18.9 Å². The van der Waals surface area contributed by atoms with E-state index in [-0.39, 0.29) is 0 Å². The number of methoxy groups -OCH3 is 4. The molecular formula is C20H25N2O4+. The Balaban J connectivity index is 2.32. The first-order valence-corrected chi connectivity index (χ1v) is 8.24. The Bertz CT molecular complexity index is 800. The Morgan fingerprint density at radius 2 is 1.35 bits per heavy atom. The van der Waals surface area contributed by atoms with E-state index < -0.39 is 0 Å². The summed E-state index contributed by atoms with van der Waals surface area (Å²) in [7, 11) is 6.51. The number of rotatable bonds is 8. The van der Waals surface area contributed by atoms with Crippen LogP contribution in [-0.2, 0) is 0 Å². The first kappa shape index (κ1) is 19.3. The highest BCUT2D eigenvalue weighted by molar-refractivity contribution is 5.84. The Hall–Kier alpha value is -3.02. The Morgan fingerprint density at radius 3 is 1.85 bits per heavy atom. The topological polar surface area (TPSA) is 52.3 Å². The van der Waals surface area contributed by atoms with E-state index in [1.807, 2.05) is 54.2 Å². The molecule has 0 amide bonds. The normalized spacial score (nSPS) is 11.5. The second-order valence-corrected chi connectivity index (χ2v) is 5.35. The van der Waals surface area contributed by atoms with Gasteiger partial charge in [0.2, 0.25) is 6.21 Å². The third kappa shape index (κ3) is 4.75. The monoisotopic (exact) mass is 357 g/mol. The molecule has 2 aromatic carbocycles. The SMILES string of the molecule is CC[N+](=C\c1ccc(OC)cc1OC)/N=C/c1ccc(OC)cc1OC. The second-order valence-electron chi connectivity index (χ2n) is 5.35. The smallest absolute Gasteiger partial charge is 0.207 e. The fourth-order valence-corrected chi connectivity index (χ4v) is 2.35. The predicted molar refractivity (Wildman–Crippen MR) is 103 cm³/mol. The maximum Gasteiger partial charge on any atom is 0.207 e. The average Bonchev–Trinajstić information content (AvgIpc) is 2.70. The number of hydrazone groups is 1. The fourth-order valence-electron chi connectivity index (χ4n) is 2.35. The third-order valence-electron chi connectivity index (χ3n) is 3.84. The van der Waals surface area contributed by atoms with Crippen molar-refractivity contribution in [3.8, 4) is 23.0 Å². The minimum absolute atomic E-state index is 0.699. The van der Waals surface area contributed by atoms with Crippen molar-refractivity contribution in [1.29, 1.82) is 0 Å². The molecule has 0 aliphatic rings. The maximum atomic E-state index is 5.43. The van der Waals surface area contributed by atoms with Gasteiger partial charge in [0, 0.05) is 17.7 Å². The summed E-state index contributed by atoms with van der Waals surface area (Å²) in [4.78, 5) is 0. The molecule has 0 aliphatic carbocycles. The van der Waals surface area contributed by atoms with Crippen molar-refractivity contribution in [2.45, 2.75) is 6.92 Å². The largest absolute Gasteiger partial charge is 0.497 e. The lowest BCUT2D eigenvalue weighted by Crippen LogP contribution is -2.08. The van der Waals surface area contributed by atoms with E-state index in [9.17, 15) is 0 Å². The molecule has 0 N–H and O–H groups in total. The van der Waals surface area contributed by atoms with Crippen LogP contribution in [0, 0.1) is 0 Å². The lowest BCUT2D eigenvalue weighted by Gasteiger charge is -2.06. The molecule has 0 unspecified atom stereocenters. The van der Waals surface area contributed by atoms with Crippen LogP contribution >= 0.6 is 0 Å². The van der Waals surface area contributed by atoms with E-state index in [2.05, 4.69) is 5.10 Å². The van der Waals surface area contributed by atoms with E-state index in [1.165, 1.54) is 0 Å². The Kier molecular flexibility index (Phi) is 7.02. The molecule has 0 radical (unpaired) electrons. The van der Waals surface area contributed by atoms with Gasteiger partial charge in [0.15, 0.2) is 6.54 Å². The molecule has 26 heavy (non-hydrogen) atoms. The van der Waals surface area contributed by atoms with Crippen molar-refractivity contribution in [2.24, 2.45) is 5.10 Å². The highest BCUT2D eigenvalue weighted by Gasteiger charge is 2.09. The molecule has 0 aromatic heterocycles. The summed E-state index contributed by atoms with van der Waals surface area (Å²) in [5.41, 5.74) is 1.77. The fraction of sp³-hybridized carbons (Fsp3) is 0.300. The van der Waals surface area contributed by atoms with Gasteiger partial charge in [-0.2, -0.15) is 0 Å². The molecule has 6 nitrogen and oxygen atoms in total. The van der Waals surface area contributed by atoms with Crippen molar-refractivity contribution in [3.05, 3.63) is 47.5 Å². The summed E-state index contributed by atoms with van der Waals surface area (Å²) in [5, 5.41) is 4.53. The molecule has 0 heterocycles. The molecule has 0 spiro atoms. The predicted octanol–water partition coefficient (Wildman–Crippen LogP) is 3.21. The summed E-state index contributed by atoms with van der Waals surface area (Å²) in [6.45, 7) is 2.72. The van der Waals surface area contributed by atoms with Crippen LogP contribution in [0.2, 0.25) is 0 Å². The van der Waals surface area contributed by atoms with Crippen LogP contribution in [-0.4, -0.2) is 52.1 Å². The van der Waals surface area contributed by atoms with Crippen LogP contribution in [0.3, 0.4) is 0 Å². The van der Waals surface area contributed by atoms with Crippen LogP contribution in [0.15, 0.2) is 41.5 Å². The van der Waals surface area contributed by atoms with Crippen LogP contribution in [0.4, 0.5) is 0 Å². The maximum absolute atomic E-state index is 5.43. The molecule has 0 bridgehead atoms. The summed E-state index contributed by atoms with van der Waals surface area (Å²) in [6.07, 6.45) is 3.68. The second kappa shape index (κ2) is 9.46. The van der Waals surface area contributed by atoms with Crippen molar-refractivity contribution < 1.29 is 23.6 Å². The van der Waals surface area contributed by atoms with Gasteiger partial charge in [-0.1, -0.05) is 4.68 Å². The minimum atomic E-state index is 0.699. The van der Waals surface area contributed by atoms with Gasteiger partial charge in [0.05, 0.1) is 34.0 Å². The van der Waals surface area contributed by atoms with E-state index in [4.69, 9.17) is 18.9 Å². The summed E-state index contributed by atoms with van der Waals surface area (Å²) in [6, 6.07) is 11.3. The van der Waals surface area contributed by atoms with Gasteiger partial charge in [-0.15, -0.1) is 0 Å². The number of hydrogen-bond acceptors (Lipinski definition) is 5. The highest BCUT2D eigenvalue weighted by Crippen LogP contribution is 2.24. The highest BCUT2D eigenvalue weighted by atomic mass is 16.5. The Morgan fingerprint density at radius 1 is 0.808 bits per heavy atom. The summed E-state index contributed by atoms with van der Waals surface area (Å²) >= 11 is 0. The third-order valence-corrected chi connectivity index (χ3v) is 3.84. The van der Waals surface area contributed by atoms with Gasteiger partial charge >= 0.3 is 0 Å². The molecule has 138 valence electrons. The summed E-state index contributed by atoms with van der Waals surface area (Å²) < 4.78 is 23.1. The van der Waals surface area contributed by atoms with Crippen molar-refractivity contribution >= 4 is 12.4 Å². The number of ether oxygens (including phenoxy) is 4. The molecule has 0 atom stereocenters. The van der Waals surface area contributed by atoms with Crippen LogP contribution in [0.5, 0.6) is 23.0 Å². The molecule has 6 heteroatoms. The molecule has 0 aliphatic heterocycles. The van der Waals surface area contributed by atoms with Crippen LogP contribution in [0.25, 0.3) is 0 Å². The quantitative estimate of drug-likeness (QED) is 0.414. The van der Waals surface area contributed by atoms with E-state index in [0.717, 1.165) is 28.4 Å². The van der Waals surface area contributed by atoms with Gasteiger partial charge < -0.3 is 18.9 Å². The zero-order chi connectivity index (χ0) is 18.9. The molecule has 0 saturated heterocycles. The molecule has 2 aromatic rings. The van der Waals surface area contributed by atoms with Gasteiger partial charge in [0.1, 0.15) is 29.2 Å². The molecule has 0 saturated carbocycles. The number of hydrogen-bond donors (Lipinski definition) is 0. The van der Waals surface area contributed by atoms with Crippen LogP contribution in [0.1, 0.15) is 18.1 Å². The number of benzene rings is 2. The summed E-state index contributed by atoms with van der Waals surface area (Å²) in [5.74, 6) is 2.90. The number of nitrogens with zero attached hydrogens (tertiary/aromatic N) is 2. The lowest BCUT2D eigenvalue weighted by atomic mass is 10.2. The van der Waals surface area contributed by atoms with Gasteiger partial charge in [-0.05, 0) is 36.3 Å². The van der Waals surface area contributed by atoms with Crippen molar-refractivity contribution in [1.82, 2.24) is 0 Å². The van der Waals surface area contributed by atoms with Gasteiger partial charge in [0.25, 0.3) is 0 Å². The average molecular weight is 357 g/mol. The van der Waals surface area contributed by atoms with Gasteiger partial charge in [-0.25, -0.2) is 0 Å². The Labute approximate surface area is 154 Å². The minimum Gasteiger partial charge on any atom is -0.497 e. The zero-order valence-corrected chi connectivity index (χ0v) is 15.9.